The van der Waals surface area contributed by atoms with Crippen LogP contribution in [0.15, 0.2) is 96.3 Å². The molecule has 0 aliphatic carbocycles. The average molecular weight is 548 g/mol. The quantitative estimate of drug-likeness (QED) is 0.283. The van der Waals surface area contributed by atoms with Gasteiger partial charge in [0.2, 0.25) is 15.0 Å². The second-order valence-electron chi connectivity index (χ2n) is 9.68. The second kappa shape index (κ2) is 11.9. The first-order valence-corrected chi connectivity index (χ1v) is 14.6. The number of sulfone groups is 1. The highest BCUT2D eigenvalue weighted by molar-refractivity contribution is 7.90. The molecular weight excluding hydrogens is 517 g/mol. The van der Waals surface area contributed by atoms with Crippen LogP contribution in [0.25, 0.3) is 0 Å². The Morgan fingerprint density at radius 3 is 2.28 bits per heavy atom. The molecule has 39 heavy (non-hydrogen) atoms. The number of rotatable bonds is 10. The van der Waals surface area contributed by atoms with Gasteiger partial charge in [-0.25, -0.2) is 17.8 Å². The van der Waals surface area contributed by atoms with Crippen LogP contribution in [0.4, 0.5) is 4.39 Å². The maximum atomic E-state index is 13.6. The number of amides is 1. The van der Waals surface area contributed by atoms with Crippen molar-refractivity contribution in [2.24, 2.45) is 0 Å². The summed E-state index contributed by atoms with van der Waals surface area (Å²) in [5, 5.41) is -0.0449. The molecule has 0 saturated carbocycles. The van der Waals surface area contributed by atoms with Crippen LogP contribution in [0.5, 0.6) is 0 Å². The molecule has 0 unspecified atom stereocenters. The first-order valence-electron chi connectivity index (χ1n) is 12.9. The number of nitrogens with zero attached hydrogens (tertiary/aromatic N) is 3. The molecule has 0 spiro atoms. The second-order valence-corrected chi connectivity index (χ2v) is 11.6. The zero-order chi connectivity index (χ0) is 27.2. The molecule has 0 radical (unpaired) electrons. The molecule has 4 aromatic rings. The molecule has 1 aliphatic rings. The number of imidazole rings is 1. The first-order chi connectivity index (χ1) is 18.9. The van der Waals surface area contributed by atoms with Crippen LogP contribution in [0, 0.1) is 5.82 Å². The van der Waals surface area contributed by atoms with E-state index in [0.717, 1.165) is 18.4 Å². The molecule has 2 heterocycles. The Bertz CT molecular complexity index is 1500. The van der Waals surface area contributed by atoms with Gasteiger partial charge in [-0.05, 0) is 48.2 Å². The zero-order valence-electron chi connectivity index (χ0n) is 21.4. The van der Waals surface area contributed by atoms with Gasteiger partial charge in [0.1, 0.15) is 5.82 Å². The van der Waals surface area contributed by atoms with Gasteiger partial charge in [-0.2, -0.15) is 0 Å². The van der Waals surface area contributed by atoms with Gasteiger partial charge < -0.3 is 14.2 Å². The Hall–Kier alpha value is -3.82. The van der Waals surface area contributed by atoms with Crippen LogP contribution in [-0.4, -0.2) is 48.0 Å². The summed E-state index contributed by atoms with van der Waals surface area (Å²) in [6, 6.07) is 23.9. The lowest BCUT2D eigenvalue weighted by molar-refractivity contribution is 0.0501. The summed E-state index contributed by atoms with van der Waals surface area (Å²) in [4.78, 5) is 19.6. The molecule has 0 N–H and O–H groups in total. The van der Waals surface area contributed by atoms with E-state index in [9.17, 15) is 17.6 Å². The minimum atomic E-state index is -3.80. The number of carbonyl (C=O) groups excluding carboxylic acids is 1. The molecule has 1 aliphatic heterocycles. The Balaban J connectivity index is 1.50. The molecule has 7 nitrogen and oxygen atoms in total. The fourth-order valence-corrected chi connectivity index (χ4v) is 6.27. The molecule has 1 atom stereocenters. The van der Waals surface area contributed by atoms with E-state index in [1.807, 2.05) is 36.4 Å². The summed E-state index contributed by atoms with van der Waals surface area (Å²) in [6.07, 6.45) is 3.15. The number of ether oxygens (including phenoxy) is 1. The lowest BCUT2D eigenvalue weighted by Gasteiger charge is -2.26. The largest absolute Gasteiger partial charge is 0.376 e. The van der Waals surface area contributed by atoms with Crippen LogP contribution >= 0.6 is 0 Å². The molecule has 1 saturated heterocycles. The smallest absolute Gasteiger partial charge is 0.254 e. The minimum Gasteiger partial charge on any atom is -0.376 e. The van der Waals surface area contributed by atoms with Crippen LogP contribution in [0.3, 0.4) is 0 Å². The van der Waals surface area contributed by atoms with E-state index >= 15 is 0 Å². The molecule has 9 heteroatoms. The van der Waals surface area contributed by atoms with Gasteiger partial charge in [0.15, 0.2) is 0 Å². The Labute approximate surface area is 227 Å². The van der Waals surface area contributed by atoms with Crippen molar-refractivity contribution < 1.29 is 22.3 Å². The predicted molar refractivity (Wildman–Crippen MR) is 145 cm³/mol. The van der Waals surface area contributed by atoms with E-state index < -0.39 is 15.7 Å². The van der Waals surface area contributed by atoms with E-state index in [2.05, 4.69) is 4.98 Å². The molecule has 1 aromatic heterocycles. The third-order valence-corrected chi connectivity index (χ3v) is 8.34. The van der Waals surface area contributed by atoms with Crippen LogP contribution < -0.4 is 0 Å². The van der Waals surface area contributed by atoms with Gasteiger partial charge in [-0.3, -0.25) is 4.79 Å². The Morgan fingerprint density at radius 1 is 0.974 bits per heavy atom. The fourth-order valence-electron chi connectivity index (χ4n) is 4.78. The molecule has 202 valence electrons. The van der Waals surface area contributed by atoms with Gasteiger partial charge >= 0.3 is 0 Å². The molecular formula is C30H30FN3O4S. The Morgan fingerprint density at radius 2 is 1.64 bits per heavy atom. The number of hydrogen-bond acceptors (Lipinski definition) is 5. The highest BCUT2D eigenvalue weighted by Gasteiger charge is 2.28. The summed E-state index contributed by atoms with van der Waals surface area (Å²) < 4.78 is 48.1. The monoisotopic (exact) mass is 547 g/mol. The Kier molecular flexibility index (Phi) is 8.18. The van der Waals surface area contributed by atoms with Crippen molar-refractivity contribution in [3.8, 4) is 0 Å². The van der Waals surface area contributed by atoms with E-state index in [0.29, 0.717) is 30.0 Å². The van der Waals surface area contributed by atoms with Gasteiger partial charge in [0, 0.05) is 18.7 Å². The van der Waals surface area contributed by atoms with E-state index in [4.69, 9.17) is 4.74 Å². The molecule has 1 amide bonds. The number of aromatic nitrogens is 2. The van der Waals surface area contributed by atoms with E-state index in [1.165, 1.54) is 30.5 Å². The van der Waals surface area contributed by atoms with Crippen LogP contribution in [0.2, 0.25) is 0 Å². The average Bonchev–Trinajstić information content (AvgIpc) is 3.60. The SMILES string of the molecule is O=C(c1ccc(F)cc1)N(Cc1cnc(S(=O)(=O)Cc2ccccc2)n1Cc1ccccc1)C[C@@H]1CCCO1. The predicted octanol–water partition coefficient (Wildman–Crippen LogP) is 4.87. The fraction of sp³-hybridized carbons (Fsp3) is 0.267. The number of benzene rings is 3. The lowest BCUT2D eigenvalue weighted by Crippen LogP contribution is -2.37. The number of hydrogen-bond donors (Lipinski definition) is 0. The highest BCUT2D eigenvalue weighted by atomic mass is 32.2. The van der Waals surface area contributed by atoms with E-state index in [-0.39, 0.29) is 36.0 Å². The van der Waals surface area contributed by atoms with Crippen molar-refractivity contribution in [2.45, 2.75) is 42.9 Å². The topological polar surface area (TPSA) is 81.5 Å². The maximum absolute atomic E-state index is 13.6. The van der Waals surface area contributed by atoms with Crippen molar-refractivity contribution in [1.82, 2.24) is 14.5 Å². The summed E-state index contributed by atoms with van der Waals surface area (Å²) >= 11 is 0. The van der Waals surface area contributed by atoms with Crippen molar-refractivity contribution in [3.63, 3.8) is 0 Å². The van der Waals surface area contributed by atoms with Gasteiger partial charge in [-0.15, -0.1) is 0 Å². The zero-order valence-corrected chi connectivity index (χ0v) is 22.3. The van der Waals surface area contributed by atoms with Gasteiger partial charge in [-0.1, -0.05) is 60.7 Å². The third kappa shape index (κ3) is 6.61. The summed E-state index contributed by atoms with van der Waals surface area (Å²) in [5.74, 6) is -0.897. The summed E-state index contributed by atoms with van der Waals surface area (Å²) in [7, 11) is -3.80. The molecule has 0 bridgehead atoms. The van der Waals surface area contributed by atoms with Gasteiger partial charge in [0.25, 0.3) is 5.91 Å². The highest BCUT2D eigenvalue weighted by Crippen LogP contribution is 2.23. The third-order valence-electron chi connectivity index (χ3n) is 6.74. The minimum absolute atomic E-state index is 0.0449. The van der Waals surface area contributed by atoms with Crippen LogP contribution in [-0.2, 0) is 33.4 Å². The molecule has 1 fully saturated rings. The molecule has 3 aromatic carbocycles. The summed E-state index contributed by atoms with van der Waals surface area (Å²) in [5.41, 5.74) is 2.50. The first kappa shape index (κ1) is 26.8. The van der Waals surface area contributed by atoms with E-state index in [1.54, 1.807) is 33.7 Å². The van der Waals surface area contributed by atoms with Crippen molar-refractivity contribution >= 4 is 15.7 Å². The number of carbonyl (C=O) groups is 1. The van der Waals surface area contributed by atoms with Crippen LogP contribution in [0.1, 0.15) is 40.0 Å². The van der Waals surface area contributed by atoms with Gasteiger partial charge in [0.05, 0.1) is 36.8 Å². The lowest BCUT2D eigenvalue weighted by atomic mass is 10.1. The number of halogens is 1. The van der Waals surface area contributed by atoms with Crippen molar-refractivity contribution in [2.75, 3.05) is 13.2 Å². The molecule has 5 rings (SSSR count). The standard InChI is InChI=1S/C30H30FN3O4S/c31-26-15-13-25(14-16-26)29(35)33(21-28-12-7-17-38-28)20-27-18-32-30(34(27)19-23-8-3-1-4-9-23)39(36,37)22-24-10-5-2-6-11-24/h1-6,8-11,13-16,18,28H,7,12,17,19-22H2/t28-/m0/s1. The summed E-state index contributed by atoms with van der Waals surface area (Å²) in [6.45, 7) is 1.37. The van der Waals surface area contributed by atoms with Crippen molar-refractivity contribution in [3.05, 3.63) is 119 Å². The van der Waals surface area contributed by atoms with Crippen molar-refractivity contribution in [1.29, 1.82) is 0 Å². The normalized spacial score (nSPS) is 15.4. The maximum Gasteiger partial charge on any atom is 0.254 e.